The molecule has 0 aliphatic carbocycles. The molecule has 3 heterocycles. The number of fused-ring (bicyclic) bond motifs is 6. The molecule has 2 aliphatic rings. The van der Waals surface area contributed by atoms with Crippen LogP contribution in [0.3, 0.4) is 0 Å². The number of carbonyl (C=O) groups excluding carboxylic acids is 2. The van der Waals surface area contributed by atoms with E-state index in [4.69, 9.17) is 0 Å². The van der Waals surface area contributed by atoms with Crippen LogP contribution < -0.4 is 10.2 Å². The van der Waals surface area contributed by atoms with Crippen molar-refractivity contribution in [2.45, 2.75) is 18.9 Å². The number of anilines is 1. The highest BCUT2D eigenvalue weighted by atomic mass is 16.2. The monoisotopic (exact) mass is 374 g/mol. The molecule has 3 amide bonds. The first-order valence-electron chi connectivity index (χ1n) is 9.64. The molecule has 1 aromatic heterocycles. The van der Waals surface area contributed by atoms with Gasteiger partial charge in [0, 0.05) is 42.3 Å². The molecule has 2 aliphatic heterocycles. The van der Waals surface area contributed by atoms with Gasteiger partial charge in [0.2, 0.25) is 0 Å². The summed E-state index contributed by atoms with van der Waals surface area (Å²) in [5, 5.41) is 4.02. The average Bonchev–Trinajstić information content (AvgIpc) is 3.20. The maximum absolute atomic E-state index is 13.8. The Balaban J connectivity index is 1.86. The van der Waals surface area contributed by atoms with Crippen LogP contribution in [0.5, 0.6) is 0 Å². The van der Waals surface area contributed by atoms with Crippen molar-refractivity contribution in [2.24, 2.45) is 0 Å². The Labute approximate surface area is 163 Å². The first-order chi connectivity index (χ1) is 13.6. The Kier molecular flexibility index (Phi) is 3.53. The fraction of sp³-hybridized carbons (Fsp3) is 0.273. The molecule has 1 unspecified atom stereocenters. The van der Waals surface area contributed by atoms with Gasteiger partial charge in [0.1, 0.15) is 0 Å². The van der Waals surface area contributed by atoms with Crippen molar-refractivity contribution < 1.29 is 9.59 Å². The maximum Gasteiger partial charge on any atom is 0.318 e. The SMILES string of the molecule is CCNC(=O)N1CCc2c([nH]c3ccccc23)C12C(=O)N(C)c1ccccc12. The van der Waals surface area contributed by atoms with E-state index >= 15 is 0 Å². The van der Waals surface area contributed by atoms with Crippen LogP contribution in [-0.2, 0) is 16.8 Å². The number of hydrogen-bond donors (Lipinski definition) is 2. The molecule has 1 spiro atoms. The molecule has 5 rings (SSSR count). The molecule has 1 atom stereocenters. The number of para-hydroxylation sites is 2. The lowest BCUT2D eigenvalue weighted by Gasteiger charge is -2.43. The van der Waals surface area contributed by atoms with Gasteiger partial charge in [-0.25, -0.2) is 4.79 Å². The van der Waals surface area contributed by atoms with Crippen LogP contribution in [0.25, 0.3) is 10.9 Å². The lowest BCUT2D eigenvalue weighted by molar-refractivity contribution is -0.126. The summed E-state index contributed by atoms with van der Waals surface area (Å²) in [5.74, 6) is -0.104. The number of carbonyl (C=O) groups is 2. The number of aromatic nitrogens is 1. The number of H-pyrrole nitrogens is 1. The molecule has 0 bridgehead atoms. The zero-order valence-corrected chi connectivity index (χ0v) is 16.0. The second-order valence-corrected chi connectivity index (χ2v) is 7.35. The minimum atomic E-state index is -1.17. The molecule has 3 aromatic rings. The minimum Gasteiger partial charge on any atom is -0.355 e. The van der Waals surface area contributed by atoms with Crippen molar-refractivity contribution in [1.82, 2.24) is 15.2 Å². The molecular formula is C22H22N4O2. The van der Waals surface area contributed by atoms with E-state index in [0.717, 1.165) is 33.4 Å². The summed E-state index contributed by atoms with van der Waals surface area (Å²) in [7, 11) is 1.78. The van der Waals surface area contributed by atoms with Gasteiger partial charge in [-0.05, 0) is 31.0 Å². The summed E-state index contributed by atoms with van der Waals surface area (Å²) < 4.78 is 0. The van der Waals surface area contributed by atoms with Crippen LogP contribution in [0.2, 0.25) is 0 Å². The van der Waals surface area contributed by atoms with E-state index in [1.54, 1.807) is 16.8 Å². The van der Waals surface area contributed by atoms with Crippen molar-refractivity contribution in [1.29, 1.82) is 0 Å². The van der Waals surface area contributed by atoms with Gasteiger partial charge in [0.05, 0.1) is 5.69 Å². The van der Waals surface area contributed by atoms with Gasteiger partial charge in [-0.15, -0.1) is 0 Å². The first kappa shape index (κ1) is 16.9. The van der Waals surface area contributed by atoms with Gasteiger partial charge in [0.25, 0.3) is 5.91 Å². The highest BCUT2D eigenvalue weighted by molar-refractivity contribution is 6.12. The third-order valence-corrected chi connectivity index (χ3v) is 6.01. The normalized spacial score (nSPS) is 20.6. The Bertz CT molecular complexity index is 1120. The maximum atomic E-state index is 13.8. The topological polar surface area (TPSA) is 68.4 Å². The van der Waals surface area contributed by atoms with E-state index < -0.39 is 5.54 Å². The van der Waals surface area contributed by atoms with E-state index in [1.807, 2.05) is 49.4 Å². The van der Waals surface area contributed by atoms with Crippen LogP contribution in [0, 0.1) is 0 Å². The van der Waals surface area contributed by atoms with Crippen molar-refractivity contribution in [3.63, 3.8) is 0 Å². The lowest BCUT2D eigenvalue weighted by Crippen LogP contribution is -2.61. The predicted octanol–water partition coefficient (Wildman–Crippen LogP) is 2.98. The van der Waals surface area contributed by atoms with Gasteiger partial charge in [-0.2, -0.15) is 0 Å². The molecule has 142 valence electrons. The summed E-state index contributed by atoms with van der Waals surface area (Å²) in [4.78, 5) is 33.7. The van der Waals surface area contributed by atoms with Crippen molar-refractivity contribution in [3.05, 3.63) is 65.4 Å². The van der Waals surface area contributed by atoms with Crippen LogP contribution in [0.4, 0.5) is 10.5 Å². The number of urea groups is 1. The fourth-order valence-corrected chi connectivity index (χ4v) is 4.84. The van der Waals surface area contributed by atoms with Gasteiger partial charge in [0.15, 0.2) is 5.54 Å². The molecule has 6 nitrogen and oxygen atoms in total. The van der Waals surface area contributed by atoms with E-state index in [-0.39, 0.29) is 11.9 Å². The van der Waals surface area contributed by atoms with Crippen LogP contribution in [-0.4, -0.2) is 42.0 Å². The standard InChI is InChI=1S/C22H22N4O2/c1-3-23-21(28)26-13-12-15-14-8-4-6-10-17(14)24-19(15)22(26)16-9-5-7-11-18(16)25(2)20(22)27/h4-11,24H,3,12-13H2,1-2H3,(H,23,28). The molecule has 2 aromatic carbocycles. The van der Waals surface area contributed by atoms with Gasteiger partial charge < -0.3 is 20.1 Å². The van der Waals surface area contributed by atoms with E-state index in [1.165, 1.54) is 0 Å². The largest absolute Gasteiger partial charge is 0.355 e. The molecule has 2 N–H and O–H groups in total. The van der Waals surface area contributed by atoms with Crippen LogP contribution >= 0.6 is 0 Å². The number of hydrogen-bond acceptors (Lipinski definition) is 2. The van der Waals surface area contributed by atoms with Gasteiger partial charge in [-0.3, -0.25) is 4.79 Å². The lowest BCUT2D eigenvalue weighted by atomic mass is 9.80. The predicted molar refractivity (Wildman–Crippen MR) is 108 cm³/mol. The summed E-state index contributed by atoms with van der Waals surface area (Å²) in [5.41, 5.74) is 3.44. The molecule has 0 saturated heterocycles. The summed E-state index contributed by atoms with van der Waals surface area (Å²) >= 11 is 0. The van der Waals surface area contributed by atoms with Gasteiger partial charge >= 0.3 is 6.03 Å². The Hall–Kier alpha value is -3.28. The number of aromatic amines is 1. The molecule has 6 heteroatoms. The number of benzene rings is 2. The van der Waals surface area contributed by atoms with E-state index in [9.17, 15) is 9.59 Å². The highest BCUT2D eigenvalue weighted by Gasteiger charge is 2.60. The molecule has 0 fully saturated rings. The number of likely N-dealkylation sites (N-methyl/N-ethyl adjacent to an activating group) is 1. The third-order valence-electron chi connectivity index (χ3n) is 6.01. The zero-order chi connectivity index (χ0) is 19.5. The molecule has 28 heavy (non-hydrogen) atoms. The van der Waals surface area contributed by atoms with Crippen molar-refractivity contribution in [3.8, 4) is 0 Å². The Morgan fingerprint density at radius 3 is 2.75 bits per heavy atom. The van der Waals surface area contributed by atoms with E-state index in [0.29, 0.717) is 19.5 Å². The van der Waals surface area contributed by atoms with Gasteiger partial charge in [-0.1, -0.05) is 36.4 Å². The van der Waals surface area contributed by atoms with Crippen molar-refractivity contribution >= 4 is 28.5 Å². The summed E-state index contributed by atoms with van der Waals surface area (Å²) in [6.07, 6.45) is 0.706. The van der Waals surface area contributed by atoms with Crippen LogP contribution in [0.15, 0.2) is 48.5 Å². The number of rotatable bonds is 1. The highest BCUT2D eigenvalue weighted by Crippen LogP contribution is 2.51. The zero-order valence-electron chi connectivity index (χ0n) is 16.0. The Morgan fingerprint density at radius 1 is 1.18 bits per heavy atom. The van der Waals surface area contributed by atoms with E-state index in [2.05, 4.69) is 16.4 Å². The first-order valence-corrected chi connectivity index (χ1v) is 9.64. The third kappa shape index (κ3) is 1.92. The number of amides is 3. The summed E-state index contributed by atoms with van der Waals surface area (Å²) in [6.45, 7) is 2.88. The number of nitrogens with one attached hydrogen (secondary N) is 2. The molecular weight excluding hydrogens is 352 g/mol. The van der Waals surface area contributed by atoms with Crippen molar-refractivity contribution in [2.75, 3.05) is 25.0 Å². The minimum absolute atomic E-state index is 0.104. The molecule has 0 saturated carbocycles. The second-order valence-electron chi connectivity index (χ2n) is 7.35. The smallest absolute Gasteiger partial charge is 0.318 e. The Morgan fingerprint density at radius 2 is 1.93 bits per heavy atom. The average molecular weight is 374 g/mol. The summed E-state index contributed by atoms with van der Waals surface area (Å²) in [6, 6.07) is 15.6. The quantitative estimate of drug-likeness (QED) is 0.688. The second kappa shape index (κ2) is 5.86. The van der Waals surface area contributed by atoms with Crippen LogP contribution in [0.1, 0.15) is 23.7 Å². The number of nitrogens with zero attached hydrogens (tertiary/aromatic N) is 2. The fourth-order valence-electron chi connectivity index (χ4n) is 4.84. The molecule has 0 radical (unpaired) electrons.